The van der Waals surface area contributed by atoms with Gasteiger partial charge in [-0.15, -0.1) is 5.10 Å². The molecule has 1 aromatic carbocycles. The van der Waals surface area contributed by atoms with Crippen LogP contribution in [-0.4, -0.2) is 60.5 Å². The van der Waals surface area contributed by atoms with Gasteiger partial charge in [0.15, 0.2) is 17.0 Å². The summed E-state index contributed by atoms with van der Waals surface area (Å²) in [7, 11) is 0. The average molecular weight is 417 g/mol. The number of β-amino-alcohol motifs (C(OH)–C–C–N with tert-alkyl or cyclic N) is 1. The van der Waals surface area contributed by atoms with E-state index in [9.17, 15) is 10.2 Å². The van der Waals surface area contributed by atoms with Crippen molar-refractivity contribution < 1.29 is 10.2 Å². The van der Waals surface area contributed by atoms with E-state index in [0.717, 1.165) is 5.56 Å². The highest BCUT2D eigenvalue weighted by Gasteiger charge is 2.34. The maximum absolute atomic E-state index is 10.1. The van der Waals surface area contributed by atoms with E-state index in [0.29, 0.717) is 47.3 Å². The lowest BCUT2D eigenvalue weighted by Gasteiger charge is -2.26. The zero-order valence-corrected chi connectivity index (χ0v) is 17.5. The van der Waals surface area contributed by atoms with E-state index in [4.69, 9.17) is 21.6 Å². The van der Waals surface area contributed by atoms with Gasteiger partial charge in [-0.25, -0.2) is 14.6 Å². The lowest BCUT2D eigenvalue weighted by atomic mass is 9.95. The highest BCUT2D eigenvalue weighted by molar-refractivity contribution is 6.31. The van der Waals surface area contributed by atoms with E-state index in [1.807, 2.05) is 49.9 Å². The van der Waals surface area contributed by atoms with Gasteiger partial charge in [0.2, 0.25) is 0 Å². The quantitative estimate of drug-likeness (QED) is 0.672. The Hall–Kier alpha value is -2.29. The Kier molecular flexibility index (Phi) is 5.18. The molecule has 2 N–H and O–H groups in total. The molecule has 0 radical (unpaired) electrons. The summed E-state index contributed by atoms with van der Waals surface area (Å²) in [6.07, 6.45) is -0.0333. The Bertz CT molecular complexity index is 1030. The highest BCUT2D eigenvalue weighted by Crippen LogP contribution is 2.32. The molecule has 3 heterocycles. The van der Waals surface area contributed by atoms with E-state index in [1.165, 1.54) is 0 Å². The van der Waals surface area contributed by atoms with Crippen LogP contribution in [0.4, 0.5) is 5.82 Å². The summed E-state index contributed by atoms with van der Waals surface area (Å²) in [4.78, 5) is 11.5. The van der Waals surface area contributed by atoms with Crippen molar-refractivity contribution >= 4 is 28.6 Å². The van der Waals surface area contributed by atoms with Gasteiger partial charge in [-0.3, -0.25) is 0 Å². The Morgan fingerprint density at radius 3 is 2.66 bits per heavy atom. The maximum atomic E-state index is 10.1. The summed E-state index contributed by atoms with van der Waals surface area (Å²) in [5.74, 6) is 1.25. The van der Waals surface area contributed by atoms with E-state index < -0.39 is 6.10 Å². The summed E-state index contributed by atoms with van der Waals surface area (Å²) < 4.78 is 1.72. The van der Waals surface area contributed by atoms with Crippen molar-refractivity contribution in [2.75, 3.05) is 18.1 Å². The van der Waals surface area contributed by atoms with Gasteiger partial charge in [0, 0.05) is 17.0 Å². The zero-order chi connectivity index (χ0) is 20.8. The average Bonchev–Trinajstić information content (AvgIpc) is 3.25. The predicted octanol–water partition coefficient (Wildman–Crippen LogP) is 2.15. The second kappa shape index (κ2) is 7.51. The van der Waals surface area contributed by atoms with Crippen molar-refractivity contribution in [1.82, 2.24) is 25.0 Å². The summed E-state index contributed by atoms with van der Waals surface area (Å²) in [6, 6.07) is 7.38. The first-order valence-corrected chi connectivity index (χ1v) is 10.1. The molecule has 0 aliphatic carbocycles. The van der Waals surface area contributed by atoms with Gasteiger partial charge in [-0.05, 0) is 18.1 Å². The van der Waals surface area contributed by atoms with Crippen LogP contribution in [0, 0.1) is 0 Å². The first-order valence-electron chi connectivity index (χ1n) is 9.68. The van der Waals surface area contributed by atoms with Crippen LogP contribution < -0.4 is 4.90 Å². The van der Waals surface area contributed by atoms with Crippen LogP contribution in [0.5, 0.6) is 0 Å². The number of benzene rings is 1. The third-order valence-electron chi connectivity index (χ3n) is 5.17. The van der Waals surface area contributed by atoms with E-state index >= 15 is 0 Å². The summed E-state index contributed by atoms with van der Waals surface area (Å²) in [5, 5.41) is 29.3. The first kappa shape index (κ1) is 20.0. The molecule has 0 saturated carbocycles. The second-order valence-electron chi connectivity index (χ2n) is 8.51. The van der Waals surface area contributed by atoms with Gasteiger partial charge in [0.1, 0.15) is 5.82 Å². The lowest BCUT2D eigenvalue weighted by molar-refractivity contribution is 0.184. The number of hydrogen-bond donors (Lipinski definition) is 2. The van der Waals surface area contributed by atoms with Gasteiger partial charge in [0.05, 0.1) is 25.3 Å². The number of fused-ring (bicyclic) bond motifs is 1. The Morgan fingerprint density at radius 2 is 1.97 bits per heavy atom. The fourth-order valence-electron chi connectivity index (χ4n) is 3.60. The van der Waals surface area contributed by atoms with Gasteiger partial charge in [-0.2, -0.15) is 0 Å². The van der Waals surface area contributed by atoms with Gasteiger partial charge in [-0.1, -0.05) is 55.8 Å². The molecule has 2 aromatic heterocycles. The van der Waals surface area contributed by atoms with Crippen LogP contribution in [-0.2, 0) is 12.0 Å². The molecule has 2 unspecified atom stereocenters. The number of anilines is 1. The molecule has 29 heavy (non-hydrogen) atoms. The Balaban J connectivity index is 1.86. The lowest BCUT2D eigenvalue weighted by Crippen LogP contribution is -2.34. The highest BCUT2D eigenvalue weighted by atomic mass is 35.5. The van der Waals surface area contributed by atoms with Crippen LogP contribution in [0.1, 0.15) is 38.6 Å². The van der Waals surface area contributed by atoms with Crippen molar-refractivity contribution in [2.24, 2.45) is 0 Å². The minimum absolute atomic E-state index is 0.0683. The van der Waals surface area contributed by atoms with Crippen molar-refractivity contribution in [2.45, 2.75) is 51.3 Å². The summed E-state index contributed by atoms with van der Waals surface area (Å²) >= 11 is 6.33. The number of rotatable bonds is 4. The molecule has 154 valence electrons. The first-order chi connectivity index (χ1) is 13.8. The predicted molar refractivity (Wildman–Crippen MR) is 111 cm³/mol. The molecule has 9 heteroatoms. The fraction of sp³-hybridized carbons (Fsp3) is 0.500. The molecule has 1 fully saturated rings. The zero-order valence-electron chi connectivity index (χ0n) is 16.7. The van der Waals surface area contributed by atoms with Crippen LogP contribution in [0.3, 0.4) is 0 Å². The second-order valence-corrected chi connectivity index (χ2v) is 8.92. The number of aliphatic hydroxyl groups is 2. The SMILES string of the molecule is CC(C)(C)c1nc(N2CC(O)CC2CO)c2nnn(Cc3ccccc3Cl)c2n1. The third kappa shape index (κ3) is 3.80. The van der Waals surface area contributed by atoms with Crippen molar-refractivity contribution in [3.05, 3.63) is 40.7 Å². The van der Waals surface area contributed by atoms with Gasteiger partial charge < -0.3 is 15.1 Å². The van der Waals surface area contributed by atoms with Crippen LogP contribution in [0.25, 0.3) is 11.2 Å². The van der Waals surface area contributed by atoms with Crippen LogP contribution >= 0.6 is 11.6 Å². The number of halogens is 1. The number of hydrogen-bond acceptors (Lipinski definition) is 7. The summed E-state index contributed by atoms with van der Waals surface area (Å²) in [5.41, 5.74) is 1.79. The minimum atomic E-state index is -0.520. The minimum Gasteiger partial charge on any atom is -0.394 e. The van der Waals surface area contributed by atoms with E-state index in [1.54, 1.807) is 4.68 Å². The number of aliphatic hydroxyl groups excluding tert-OH is 2. The molecule has 1 aliphatic heterocycles. The molecule has 4 rings (SSSR count). The molecule has 8 nitrogen and oxygen atoms in total. The molecule has 0 bridgehead atoms. The van der Waals surface area contributed by atoms with Crippen molar-refractivity contribution in [1.29, 1.82) is 0 Å². The molecule has 0 amide bonds. The molecular formula is C20H25ClN6O2. The smallest absolute Gasteiger partial charge is 0.184 e. The molecular weight excluding hydrogens is 392 g/mol. The van der Waals surface area contributed by atoms with Gasteiger partial charge >= 0.3 is 0 Å². The largest absolute Gasteiger partial charge is 0.394 e. The standard InChI is InChI=1S/C20H25ClN6O2/c1-20(2,3)19-22-17(26-10-14(29)8-13(26)11-28)16-18(23-19)27(25-24-16)9-12-6-4-5-7-15(12)21/h4-7,13-14,28-29H,8-11H2,1-3H3. The monoisotopic (exact) mass is 416 g/mol. The molecule has 3 aromatic rings. The summed E-state index contributed by atoms with van der Waals surface area (Å²) in [6.45, 7) is 6.88. The third-order valence-corrected chi connectivity index (χ3v) is 5.54. The number of nitrogens with zero attached hydrogens (tertiary/aromatic N) is 6. The van der Waals surface area contributed by atoms with Crippen LogP contribution in [0.2, 0.25) is 5.02 Å². The molecule has 0 spiro atoms. The van der Waals surface area contributed by atoms with Gasteiger partial charge in [0.25, 0.3) is 0 Å². The van der Waals surface area contributed by atoms with Crippen molar-refractivity contribution in [3.63, 3.8) is 0 Å². The normalized spacial score (nSPS) is 20.0. The van der Waals surface area contributed by atoms with Crippen LogP contribution in [0.15, 0.2) is 24.3 Å². The topological polar surface area (TPSA) is 100 Å². The Labute approximate surface area is 174 Å². The maximum Gasteiger partial charge on any atom is 0.184 e. The fourth-order valence-corrected chi connectivity index (χ4v) is 3.79. The van der Waals surface area contributed by atoms with E-state index in [-0.39, 0.29) is 18.1 Å². The number of aromatic nitrogens is 5. The van der Waals surface area contributed by atoms with Crippen molar-refractivity contribution in [3.8, 4) is 0 Å². The van der Waals surface area contributed by atoms with E-state index in [2.05, 4.69) is 10.3 Å². The molecule has 1 saturated heterocycles. The molecule has 2 atom stereocenters. The Morgan fingerprint density at radius 1 is 1.21 bits per heavy atom. The molecule has 1 aliphatic rings.